The van der Waals surface area contributed by atoms with Crippen LogP contribution in [0.5, 0.6) is 0 Å². The van der Waals surface area contributed by atoms with Gasteiger partial charge in [-0.25, -0.2) is 4.98 Å². The fourth-order valence-corrected chi connectivity index (χ4v) is 1.99. The van der Waals surface area contributed by atoms with Gasteiger partial charge in [0.05, 0.1) is 11.8 Å². The Hall–Kier alpha value is -2.17. The minimum Gasteiger partial charge on any atom is -0.306 e. The van der Waals surface area contributed by atoms with Crippen LogP contribution < -0.4 is 5.32 Å². The Balaban J connectivity index is 2.15. The van der Waals surface area contributed by atoms with Crippen molar-refractivity contribution in [3.05, 3.63) is 41.3 Å². The van der Waals surface area contributed by atoms with Gasteiger partial charge in [-0.05, 0) is 37.5 Å². The molecule has 2 aromatic heterocycles. The highest BCUT2D eigenvalue weighted by molar-refractivity contribution is 6.04. The monoisotopic (exact) mass is 272 g/mol. The molecule has 0 aromatic carbocycles. The van der Waals surface area contributed by atoms with E-state index in [4.69, 9.17) is 0 Å². The highest BCUT2D eigenvalue weighted by Gasteiger charge is 2.15. The van der Waals surface area contributed by atoms with Crippen LogP contribution in [0.15, 0.2) is 24.5 Å². The molecule has 2 heterocycles. The number of hydrogen-bond donors (Lipinski definition) is 1. The average molecular weight is 272 g/mol. The SMILES string of the molecule is Cc1ccnc(NC(=O)c2cnn(CC(C)C)c2C)c1. The zero-order chi connectivity index (χ0) is 14.7. The molecular formula is C15H20N4O. The third-order valence-electron chi connectivity index (χ3n) is 3.04. The second-order valence-corrected chi connectivity index (χ2v) is 5.39. The molecule has 5 nitrogen and oxygen atoms in total. The normalized spacial score (nSPS) is 10.8. The molecule has 0 atom stereocenters. The van der Waals surface area contributed by atoms with E-state index in [1.165, 1.54) is 0 Å². The fourth-order valence-electron chi connectivity index (χ4n) is 1.99. The van der Waals surface area contributed by atoms with E-state index in [1.54, 1.807) is 12.4 Å². The summed E-state index contributed by atoms with van der Waals surface area (Å²) >= 11 is 0. The molecule has 0 unspecified atom stereocenters. The molecule has 5 heteroatoms. The van der Waals surface area contributed by atoms with E-state index in [-0.39, 0.29) is 5.91 Å². The molecule has 0 radical (unpaired) electrons. The van der Waals surface area contributed by atoms with Crippen LogP contribution in [0.25, 0.3) is 0 Å². The summed E-state index contributed by atoms with van der Waals surface area (Å²) in [7, 11) is 0. The Kier molecular flexibility index (Phi) is 4.17. The summed E-state index contributed by atoms with van der Waals surface area (Å²) in [5.74, 6) is 0.879. The van der Waals surface area contributed by atoms with Crippen LogP contribution in [-0.4, -0.2) is 20.7 Å². The first-order valence-corrected chi connectivity index (χ1v) is 6.73. The average Bonchev–Trinajstić information content (AvgIpc) is 2.70. The molecular weight excluding hydrogens is 252 g/mol. The molecule has 0 aliphatic carbocycles. The van der Waals surface area contributed by atoms with Crippen molar-refractivity contribution in [1.82, 2.24) is 14.8 Å². The van der Waals surface area contributed by atoms with Crippen molar-refractivity contribution in [3.8, 4) is 0 Å². The summed E-state index contributed by atoms with van der Waals surface area (Å²) in [6.45, 7) is 8.92. The molecule has 2 rings (SSSR count). The van der Waals surface area contributed by atoms with Gasteiger partial charge in [0.15, 0.2) is 0 Å². The van der Waals surface area contributed by atoms with Crippen molar-refractivity contribution in [3.63, 3.8) is 0 Å². The Morgan fingerprint density at radius 2 is 2.15 bits per heavy atom. The summed E-state index contributed by atoms with van der Waals surface area (Å²) in [5.41, 5.74) is 2.53. The van der Waals surface area contributed by atoms with Crippen LogP contribution in [0.1, 0.15) is 35.5 Å². The Morgan fingerprint density at radius 1 is 1.40 bits per heavy atom. The standard InChI is InChI=1S/C15H20N4O/c1-10(2)9-19-12(4)13(8-17-19)15(20)18-14-7-11(3)5-6-16-14/h5-8,10H,9H2,1-4H3,(H,16,18,20). The predicted octanol–water partition coefficient (Wildman–Crippen LogP) is 2.80. The van der Waals surface area contributed by atoms with E-state index >= 15 is 0 Å². The molecule has 0 saturated heterocycles. The highest BCUT2D eigenvalue weighted by Crippen LogP contribution is 2.12. The van der Waals surface area contributed by atoms with Crippen molar-refractivity contribution in [1.29, 1.82) is 0 Å². The van der Waals surface area contributed by atoms with Gasteiger partial charge in [0.25, 0.3) is 5.91 Å². The van der Waals surface area contributed by atoms with Crippen LogP contribution in [-0.2, 0) is 6.54 Å². The fraction of sp³-hybridized carbons (Fsp3) is 0.400. The highest BCUT2D eigenvalue weighted by atomic mass is 16.1. The molecule has 2 aromatic rings. The maximum Gasteiger partial charge on any atom is 0.260 e. The van der Waals surface area contributed by atoms with Gasteiger partial charge in [0.1, 0.15) is 5.82 Å². The first-order chi connectivity index (χ1) is 9.47. The second kappa shape index (κ2) is 5.86. The van der Waals surface area contributed by atoms with Crippen LogP contribution >= 0.6 is 0 Å². The number of nitrogens with one attached hydrogen (secondary N) is 1. The van der Waals surface area contributed by atoms with Crippen molar-refractivity contribution >= 4 is 11.7 Å². The van der Waals surface area contributed by atoms with Crippen LogP contribution in [0, 0.1) is 19.8 Å². The van der Waals surface area contributed by atoms with Gasteiger partial charge < -0.3 is 5.32 Å². The quantitative estimate of drug-likeness (QED) is 0.931. The van der Waals surface area contributed by atoms with Crippen molar-refractivity contribution in [2.75, 3.05) is 5.32 Å². The first-order valence-electron chi connectivity index (χ1n) is 6.73. The lowest BCUT2D eigenvalue weighted by Crippen LogP contribution is -2.15. The first kappa shape index (κ1) is 14.2. The Morgan fingerprint density at radius 3 is 2.80 bits per heavy atom. The maximum absolute atomic E-state index is 12.2. The number of carbonyl (C=O) groups is 1. The van der Waals surface area contributed by atoms with Gasteiger partial charge in [-0.15, -0.1) is 0 Å². The number of hydrogen-bond acceptors (Lipinski definition) is 3. The Labute approximate surface area is 119 Å². The topological polar surface area (TPSA) is 59.8 Å². The molecule has 0 bridgehead atoms. The largest absolute Gasteiger partial charge is 0.306 e. The number of pyridine rings is 1. The zero-order valence-corrected chi connectivity index (χ0v) is 12.3. The van der Waals surface area contributed by atoms with Crippen LogP contribution in [0.2, 0.25) is 0 Å². The van der Waals surface area contributed by atoms with Crippen molar-refractivity contribution in [2.24, 2.45) is 5.92 Å². The van der Waals surface area contributed by atoms with E-state index in [0.717, 1.165) is 17.8 Å². The summed E-state index contributed by atoms with van der Waals surface area (Å²) in [6.07, 6.45) is 3.29. The third-order valence-corrected chi connectivity index (χ3v) is 3.04. The maximum atomic E-state index is 12.2. The molecule has 0 fully saturated rings. The lowest BCUT2D eigenvalue weighted by molar-refractivity contribution is 0.102. The number of carbonyl (C=O) groups excluding carboxylic acids is 1. The van der Waals surface area contributed by atoms with Gasteiger partial charge in [0.2, 0.25) is 0 Å². The molecule has 106 valence electrons. The van der Waals surface area contributed by atoms with Gasteiger partial charge in [0, 0.05) is 18.4 Å². The van der Waals surface area contributed by atoms with E-state index in [2.05, 4.69) is 29.2 Å². The minimum atomic E-state index is -0.171. The number of nitrogens with zero attached hydrogens (tertiary/aromatic N) is 3. The molecule has 0 aliphatic heterocycles. The predicted molar refractivity (Wildman–Crippen MR) is 78.7 cm³/mol. The molecule has 1 N–H and O–H groups in total. The zero-order valence-electron chi connectivity index (χ0n) is 12.3. The van der Waals surface area contributed by atoms with Gasteiger partial charge in [-0.1, -0.05) is 13.8 Å². The summed E-state index contributed by atoms with van der Waals surface area (Å²) in [4.78, 5) is 16.4. The van der Waals surface area contributed by atoms with E-state index in [0.29, 0.717) is 17.3 Å². The van der Waals surface area contributed by atoms with Crippen LogP contribution in [0.4, 0.5) is 5.82 Å². The van der Waals surface area contributed by atoms with Crippen molar-refractivity contribution < 1.29 is 4.79 Å². The number of amides is 1. The molecule has 0 spiro atoms. The molecule has 0 aliphatic rings. The number of aromatic nitrogens is 3. The van der Waals surface area contributed by atoms with Crippen molar-refractivity contribution in [2.45, 2.75) is 34.2 Å². The Bertz CT molecular complexity index is 616. The lowest BCUT2D eigenvalue weighted by Gasteiger charge is -2.08. The minimum absolute atomic E-state index is 0.171. The van der Waals surface area contributed by atoms with Gasteiger partial charge in [-0.3, -0.25) is 9.48 Å². The van der Waals surface area contributed by atoms with Crippen LogP contribution in [0.3, 0.4) is 0 Å². The number of aryl methyl sites for hydroxylation is 1. The summed E-state index contributed by atoms with van der Waals surface area (Å²) < 4.78 is 1.86. The van der Waals surface area contributed by atoms with Gasteiger partial charge in [-0.2, -0.15) is 5.10 Å². The lowest BCUT2D eigenvalue weighted by atomic mass is 10.2. The molecule has 1 amide bonds. The molecule has 20 heavy (non-hydrogen) atoms. The van der Waals surface area contributed by atoms with Gasteiger partial charge >= 0.3 is 0 Å². The third kappa shape index (κ3) is 3.23. The second-order valence-electron chi connectivity index (χ2n) is 5.39. The smallest absolute Gasteiger partial charge is 0.260 e. The van der Waals surface area contributed by atoms with E-state index < -0.39 is 0 Å². The summed E-state index contributed by atoms with van der Waals surface area (Å²) in [6, 6.07) is 3.73. The van der Waals surface area contributed by atoms with E-state index in [9.17, 15) is 4.79 Å². The number of anilines is 1. The molecule has 0 saturated carbocycles. The summed E-state index contributed by atoms with van der Waals surface area (Å²) in [5, 5.41) is 7.07. The van der Waals surface area contributed by atoms with E-state index in [1.807, 2.05) is 30.7 Å². The number of rotatable bonds is 4.